The van der Waals surface area contributed by atoms with Crippen molar-refractivity contribution in [2.75, 3.05) is 23.9 Å². The third-order valence-electron chi connectivity index (χ3n) is 5.43. The molecule has 0 fully saturated rings. The van der Waals surface area contributed by atoms with Crippen molar-refractivity contribution >= 4 is 34.3 Å². The van der Waals surface area contributed by atoms with E-state index in [9.17, 15) is 4.79 Å². The van der Waals surface area contributed by atoms with Crippen LogP contribution in [0.25, 0.3) is 10.9 Å². The maximum absolute atomic E-state index is 13.0. The van der Waals surface area contributed by atoms with Crippen LogP contribution in [-0.2, 0) is 11.2 Å². The van der Waals surface area contributed by atoms with Gasteiger partial charge < -0.3 is 14.4 Å². The SMILES string of the molecule is Cc1cc2cc3c(cc2nc1SCC(=O)N1c2ccccc2C[C@@H]1C)OCCO3. The molecule has 0 saturated heterocycles. The lowest BCUT2D eigenvalue weighted by Crippen LogP contribution is -2.37. The summed E-state index contributed by atoms with van der Waals surface area (Å²) in [5.74, 6) is 1.98. The quantitative estimate of drug-likeness (QED) is 0.604. The fourth-order valence-electron chi connectivity index (χ4n) is 4.09. The number of para-hydroxylation sites is 1. The smallest absolute Gasteiger partial charge is 0.237 e. The molecule has 0 spiro atoms. The zero-order valence-electron chi connectivity index (χ0n) is 16.5. The first-order valence-electron chi connectivity index (χ1n) is 9.84. The van der Waals surface area contributed by atoms with Crippen LogP contribution in [-0.4, -0.2) is 35.9 Å². The van der Waals surface area contributed by atoms with Gasteiger partial charge in [-0.05, 0) is 49.6 Å². The number of anilines is 1. The van der Waals surface area contributed by atoms with Gasteiger partial charge in [0.15, 0.2) is 11.5 Å². The van der Waals surface area contributed by atoms with Crippen molar-refractivity contribution in [3.63, 3.8) is 0 Å². The van der Waals surface area contributed by atoms with E-state index in [0.29, 0.717) is 19.0 Å². The molecule has 1 aromatic heterocycles. The van der Waals surface area contributed by atoms with Crippen molar-refractivity contribution in [3.8, 4) is 11.5 Å². The highest BCUT2D eigenvalue weighted by Crippen LogP contribution is 2.36. The van der Waals surface area contributed by atoms with Crippen LogP contribution < -0.4 is 14.4 Å². The van der Waals surface area contributed by atoms with E-state index < -0.39 is 0 Å². The lowest BCUT2D eigenvalue weighted by molar-refractivity contribution is -0.116. The summed E-state index contributed by atoms with van der Waals surface area (Å²) in [4.78, 5) is 19.7. The number of carbonyl (C=O) groups excluding carboxylic acids is 1. The number of benzene rings is 2. The Morgan fingerprint density at radius 1 is 1.17 bits per heavy atom. The lowest BCUT2D eigenvalue weighted by atomic mass is 10.1. The fourth-order valence-corrected chi connectivity index (χ4v) is 4.94. The van der Waals surface area contributed by atoms with Gasteiger partial charge in [-0.2, -0.15) is 0 Å². The van der Waals surface area contributed by atoms with Crippen LogP contribution in [0.2, 0.25) is 0 Å². The minimum Gasteiger partial charge on any atom is -0.486 e. The average Bonchev–Trinajstić information content (AvgIpc) is 3.06. The molecule has 1 amide bonds. The average molecular weight is 407 g/mol. The number of hydrogen-bond donors (Lipinski definition) is 0. The number of pyridine rings is 1. The molecule has 5 rings (SSSR count). The number of aromatic nitrogens is 1. The molecule has 29 heavy (non-hydrogen) atoms. The third kappa shape index (κ3) is 3.31. The molecular weight excluding hydrogens is 384 g/mol. The van der Waals surface area contributed by atoms with E-state index in [1.54, 1.807) is 0 Å². The van der Waals surface area contributed by atoms with Crippen molar-refractivity contribution in [3.05, 3.63) is 53.6 Å². The fraction of sp³-hybridized carbons (Fsp3) is 0.304. The van der Waals surface area contributed by atoms with Crippen LogP contribution in [0.4, 0.5) is 5.69 Å². The summed E-state index contributed by atoms with van der Waals surface area (Å²) in [5.41, 5.74) is 4.19. The van der Waals surface area contributed by atoms with Crippen LogP contribution in [0.5, 0.6) is 11.5 Å². The molecule has 1 atom stereocenters. The molecule has 6 heteroatoms. The largest absolute Gasteiger partial charge is 0.486 e. The number of thioether (sulfide) groups is 1. The number of ether oxygens (including phenoxy) is 2. The first kappa shape index (κ1) is 18.3. The van der Waals surface area contributed by atoms with Crippen LogP contribution in [0.3, 0.4) is 0 Å². The van der Waals surface area contributed by atoms with E-state index in [1.165, 1.54) is 17.3 Å². The molecule has 0 bridgehead atoms. The van der Waals surface area contributed by atoms with Gasteiger partial charge in [0.2, 0.25) is 5.91 Å². The predicted octanol–water partition coefficient (Wildman–Crippen LogP) is 4.38. The normalized spacial score (nSPS) is 17.4. The van der Waals surface area contributed by atoms with Crippen LogP contribution in [0.1, 0.15) is 18.1 Å². The highest BCUT2D eigenvalue weighted by Gasteiger charge is 2.30. The molecule has 3 aromatic rings. The zero-order valence-corrected chi connectivity index (χ0v) is 17.3. The summed E-state index contributed by atoms with van der Waals surface area (Å²) in [5, 5.41) is 1.90. The molecule has 3 heterocycles. The molecule has 148 valence electrons. The Morgan fingerprint density at radius 2 is 1.93 bits per heavy atom. The van der Waals surface area contributed by atoms with E-state index >= 15 is 0 Å². The van der Waals surface area contributed by atoms with Crippen molar-refractivity contribution in [1.82, 2.24) is 4.98 Å². The second-order valence-corrected chi connectivity index (χ2v) is 8.50. The van der Waals surface area contributed by atoms with Gasteiger partial charge in [-0.3, -0.25) is 4.79 Å². The molecule has 0 N–H and O–H groups in total. The number of aryl methyl sites for hydroxylation is 1. The Labute approximate surface area is 174 Å². The number of nitrogens with zero attached hydrogens (tertiary/aromatic N) is 2. The standard InChI is InChI=1S/C23H22N2O3S/c1-14-9-17-11-20-21(28-8-7-27-20)12-18(17)24-23(14)29-13-22(26)25-15(2)10-16-5-3-4-6-19(16)25/h3-6,9,11-12,15H,7-8,10,13H2,1-2H3/t15-/m0/s1. The molecule has 2 aromatic carbocycles. The summed E-state index contributed by atoms with van der Waals surface area (Å²) >= 11 is 1.50. The lowest BCUT2D eigenvalue weighted by Gasteiger charge is -2.22. The Hall–Kier alpha value is -2.73. The minimum absolute atomic E-state index is 0.121. The van der Waals surface area contributed by atoms with Crippen LogP contribution in [0, 0.1) is 6.92 Å². The van der Waals surface area contributed by atoms with E-state index in [-0.39, 0.29) is 11.9 Å². The number of amides is 1. The highest BCUT2D eigenvalue weighted by molar-refractivity contribution is 8.00. The van der Waals surface area contributed by atoms with Gasteiger partial charge in [0, 0.05) is 23.2 Å². The Bertz CT molecular complexity index is 1110. The van der Waals surface area contributed by atoms with Gasteiger partial charge in [0.1, 0.15) is 18.2 Å². The predicted molar refractivity (Wildman–Crippen MR) is 115 cm³/mol. The summed E-state index contributed by atoms with van der Waals surface area (Å²) in [6.45, 7) is 5.26. The van der Waals surface area contributed by atoms with Crippen molar-refractivity contribution in [1.29, 1.82) is 0 Å². The summed E-state index contributed by atoms with van der Waals surface area (Å²) in [7, 11) is 0. The van der Waals surface area contributed by atoms with Crippen LogP contribution in [0.15, 0.2) is 47.5 Å². The molecule has 2 aliphatic rings. The first-order chi connectivity index (χ1) is 14.1. The topological polar surface area (TPSA) is 51.7 Å². The maximum Gasteiger partial charge on any atom is 0.237 e. The number of hydrogen-bond acceptors (Lipinski definition) is 5. The number of rotatable bonds is 3. The van der Waals surface area contributed by atoms with Crippen molar-refractivity contribution in [2.24, 2.45) is 0 Å². The summed E-state index contributed by atoms with van der Waals surface area (Å²) < 4.78 is 11.3. The van der Waals surface area contributed by atoms with E-state index in [4.69, 9.17) is 14.5 Å². The molecule has 0 radical (unpaired) electrons. The Kier molecular flexibility index (Phi) is 4.59. The first-order valence-corrected chi connectivity index (χ1v) is 10.8. The Balaban J connectivity index is 1.38. The third-order valence-corrected chi connectivity index (χ3v) is 6.51. The van der Waals surface area contributed by atoms with Gasteiger partial charge in [-0.1, -0.05) is 30.0 Å². The molecule has 2 aliphatic heterocycles. The zero-order chi connectivity index (χ0) is 20.0. The number of carbonyl (C=O) groups is 1. The molecule has 5 nitrogen and oxygen atoms in total. The minimum atomic E-state index is 0.121. The number of fused-ring (bicyclic) bond motifs is 3. The maximum atomic E-state index is 13.0. The second-order valence-electron chi connectivity index (χ2n) is 7.53. The van der Waals surface area contributed by atoms with Gasteiger partial charge in [0.05, 0.1) is 11.3 Å². The summed E-state index contributed by atoms with van der Waals surface area (Å²) in [6, 6.07) is 14.4. The molecule has 0 aliphatic carbocycles. The molecule has 0 saturated carbocycles. The van der Waals surface area contributed by atoms with E-state index in [2.05, 4.69) is 19.1 Å². The van der Waals surface area contributed by atoms with E-state index in [1.807, 2.05) is 42.2 Å². The van der Waals surface area contributed by atoms with Crippen molar-refractivity contribution < 1.29 is 14.3 Å². The molecule has 0 unspecified atom stereocenters. The second kappa shape index (κ2) is 7.26. The van der Waals surface area contributed by atoms with Gasteiger partial charge in [-0.25, -0.2) is 4.98 Å². The van der Waals surface area contributed by atoms with Crippen molar-refractivity contribution in [2.45, 2.75) is 31.3 Å². The molecular formula is C23H22N2O3S. The van der Waals surface area contributed by atoms with Gasteiger partial charge >= 0.3 is 0 Å². The monoisotopic (exact) mass is 406 g/mol. The summed E-state index contributed by atoms with van der Waals surface area (Å²) in [6.07, 6.45) is 0.910. The van der Waals surface area contributed by atoms with Gasteiger partial charge in [0.25, 0.3) is 0 Å². The van der Waals surface area contributed by atoms with E-state index in [0.717, 1.165) is 45.1 Å². The van der Waals surface area contributed by atoms with Crippen LogP contribution >= 0.6 is 11.8 Å². The Morgan fingerprint density at radius 3 is 2.76 bits per heavy atom. The van der Waals surface area contributed by atoms with Gasteiger partial charge in [-0.15, -0.1) is 0 Å². The highest BCUT2D eigenvalue weighted by atomic mass is 32.2.